The molecule has 1 N–H and O–H groups in total. The monoisotopic (exact) mass is 261 g/mol. The first-order valence-electron chi connectivity index (χ1n) is 4.39. The second kappa shape index (κ2) is 4.83. The van der Waals surface area contributed by atoms with Crippen LogP contribution in [0.2, 0.25) is 0 Å². The highest BCUT2D eigenvalue weighted by Crippen LogP contribution is 2.36. The number of ether oxygens (including phenoxy) is 2. The van der Waals surface area contributed by atoms with Gasteiger partial charge >= 0.3 is 12.3 Å². The minimum atomic E-state index is -5.02. The summed E-state index contributed by atoms with van der Waals surface area (Å²) in [6.45, 7) is 0. The number of halogens is 3. The average molecular weight is 261 g/mol. The highest BCUT2D eigenvalue weighted by atomic mass is 19.4. The van der Waals surface area contributed by atoms with E-state index in [1.807, 2.05) is 0 Å². The van der Waals surface area contributed by atoms with Crippen molar-refractivity contribution < 1.29 is 32.5 Å². The van der Waals surface area contributed by atoms with Crippen molar-refractivity contribution in [3.8, 4) is 17.6 Å². The zero-order valence-corrected chi connectivity index (χ0v) is 8.91. The van der Waals surface area contributed by atoms with Gasteiger partial charge in [0.1, 0.15) is 6.07 Å². The lowest BCUT2D eigenvalue weighted by molar-refractivity contribution is -0.275. The van der Waals surface area contributed by atoms with Gasteiger partial charge in [-0.3, -0.25) is 0 Å². The lowest BCUT2D eigenvalue weighted by atomic mass is 10.1. The summed E-state index contributed by atoms with van der Waals surface area (Å²) in [5.74, 6) is -2.83. The third-order valence-electron chi connectivity index (χ3n) is 1.85. The zero-order valence-electron chi connectivity index (χ0n) is 8.91. The fourth-order valence-corrected chi connectivity index (χ4v) is 1.22. The predicted octanol–water partition coefficient (Wildman–Crippen LogP) is 2.16. The highest BCUT2D eigenvalue weighted by Gasteiger charge is 2.33. The van der Waals surface area contributed by atoms with Gasteiger partial charge in [-0.1, -0.05) is 0 Å². The summed E-state index contributed by atoms with van der Waals surface area (Å²) in [5, 5.41) is 17.4. The Morgan fingerprint density at radius 2 is 2.06 bits per heavy atom. The Bertz CT molecular complexity index is 519. The fourth-order valence-electron chi connectivity index (χ4n) is 1.22. The number of nitriles is 1. The maximum absolute atomic E-state index is 12.1. The molecule has 0 radical (unpaired) electrons. The standard InChI is InChI=1S/C10H6F3NO4/c1-17-8-6(4-14)2-5(9(15)16)3-7(8)18-10(11,12)13/h2-3H,1H3,(H,15,16). The summed E-state index contributed by atoms with van der Waals surface area (Å²) in [6.07, 6.45) is -5.02. The van der Waals surface area contributed by atoms with Crippen molar-refractivity contribution in [2.75, 3.05) is 7.11 Å². The van der Waals surface area contributed by atoms with Crippen molar-refractivity contribution in [1.82, 2.24) is 0 Å². The smallest absolute Gasteiger partial charge is 0.492 e. The highest BCUT2D eigenvalue weighted by molar-refractivity contribution is 5.89. The number of nitrogens with zero attached hydrogens (tertiary/aromatic N) is 1. The van der Waals surface area contributed by atoms with E-state index >= 15 is 0 Å². The summed E-state index contributed by atoms with van der Waals surface area (Å²) in [7, 11) is 1.04. The number of carbonyl (C=O) groups is 1. The number of methoxy groups -OCH3 is 1. The minimum Gasteiger partial charge on any atom is -0.492 e. The third kappa shape index (κ3) is 3.04. The van der Waals surface area contributed by atoms with E-state index in [0.29, 0.717) is 6.07 Å². The van der Waals surface area contributed by atoms with Crippen molar-refractivity contribution in [2.45, 2.75) is 6.36 Å². The van der Waals surface area contributed by atoms with Crippen LogP contribution < -0.4 is 9.47 Å². The van der Waals surface area contributed by atoms with E-state index in [1.165, 1.54) is 6.07 Å². The molecule has 1 rings (SSSR count). The van der Waals surface area contributed by atoms with Crippen LogP contribution in [0.25, 0.3) is 0 Å². The summed E-state index contributed by atoms with van der Waals surface area (Å²) >= 11 is 0. The Balaban J connectivity index is 3.42. The van der Waals surface area contributed by atoms with Crippen LogP contribution in [0, 0.1) is 11.3 Å². The molecule has 8 heteroatoms. The number of hydrogen-bond acceptors (Lipinski definition) is 4. The predicted molar refractivity (Wildman–Crippen MR) is 51.4 cm³/mol. The summed E-state index contributed by atoms with van der Waals surface area (Å²) in [4.78, 5) is 10.7. The molecule has 96 valence electrons. The lowest BCUT2D eigenvalue weighted by Crippen LogP contribution is -2.18. The van der Waals surface area contributed by atoms with Crippen molar-refractivity contribution in [2.24, 2.45) is 0 Å². The maximum atomic E-state index is 12.1. The first kappa shape index (κ1) is 13.6. The molecule has 0 aliphatic rings. The van der Waals surface area contributed by atoms with Gasteiger partial charge in [-0.25, -0.2) is 4.79 Å². The van der Waals surface area contributed by atoms with Gasteiger partial charge in [0.25, 0.3) is 0 Å². The molecule has 0 bridgehead atoms. The summed E-state index contributed by atoms with van der Waals surface area (Å²) in [5.41, 5.74) is -0.872. The molecule has 0 aliphatic carbocycles. The Morgan fingerprint density at radius 3 is 2.44 bits per heavy atom. The van der Waals surface area contributed by atoms with E-state index in [-0.39, 0.29) is 5.56 Å². The molecule has 5 nitrogen and oxygen atoms in total. The van der Waals surface area contributed by atoms with Gasteiger partial charge in [0.15, 0.2) is 11.5 Å². The Kier molecular flexibility index (Phi) is 3.66. The lowest BCUT2D eigenvalue weighted by Gasteiger charge is -2.14. The molecule has 0 saturated heterocycles. The number of alkyl halides is 3. The van der Waals surface area contributed by atoms with Crippen LogP contribution in [0.15, 0.2) is 12.1 Å². The van der Waals surface area contributed by atoms with Gasteiger partial charge in [-0.2, -0.15) is 5.26 Å². The van der Waals surface area contributed by atoms with Gasteiger partial charge in [0.05, 0.1) is 18.2 Å². The van der Waals surface area contributed by atoms with E-state index in [2.05, 4.69) is 9.47 Å². The van der Waals surface area contributed by atoms with Crippen molar-refractivity contribution in [3.63, 3.8) is 0 Å². The molecule has 0 spiro atoms. The van der Waals surface area contributed by atoms with Crippen LogP contribution in [0.3, 0.4) is 0 Å². The number of rotatable bonds is 3. The van der Waals surface area contributed by atoms with Crippen LogP contribution in [-0.2, 0) is 0 Å². The SMILES string of the molecule is COc1c(C#N)cc(C(=O)O)cc1OC(F)(F)F. The van der Waals surface area contributed by atoms with Crippen molar-refractivity contribution in [1.29, 1.82) is 5.26 Å². The van der Waals surface area contributed by atoms with E-state index in [9.17, 15) is 18.0 Å². The average Bonchev–Trinajstić information content (AvgIpc) is 2.25. The Morgan fingerprint density at radius 1 is 1.44 bits per heavy atom. The van der Waals surface area contributed by atoms with Crippen LogP contribution in [0.5, 0.6) is 11.5 Å². The first-order valence-corrected chi connectivity index (χ1v) is 4.39. The minimum absolute atomic E-state index is 0.364. The fraction of sp³-hybridized carbons (Fsp3) is 0.200. The van der Waals surface area contributed by atoms with Gasteiger partial charge in [-0.05, 0) is 12.1 Å². The number of benzene rings is 1. The van der Waals surface area contributed by atoms with Crippen molar-refractivity contribution >= 4 is 5.97 Å². The molecule has 0 heterocycles. The third-order valence-corrected chi connectivity index (χ3v) is 1.85. The maximum Gasteiger partial charge on any atom is 0.573 e. The molecule has 0 aromatic heterocycles. The molecule has 18 heavy (non-hydrogen) atoms. The molecule has 1 aromatic rings. The molecule has 0 amide bonds. The van der Waals surface area contributed by atoms with Gasteiger partial charge < -0.3 is 14.6 Å². The normalized spacial score (nSPS) is 10.6. The molecule has 1 aromatic carbocycles. The van der Waals surface area contributed by atoms with Crippen LogP contribution in [-0.4, -0.2) is 24.5 Å². The number of carboxylic acids is 1. The van der Waals surface area contributed by atoms with E-state index in [0.717, 1.165) is 13.2 Å². The molecular weight excluding hydrogens is 255 g/mol. The molecular formula is C10H6F3NO4. The zero-order chi connectivity index (χ0) is 13.9. The van der Waals surface area contributed by atoms with E-state index < -0.39 is 29.4 Å². The summed E-state index contributed by atoms with van der Waals surface area (Å²) in [6, 6.07) is 3.06. The van der Waals surface area contributed by atoms with E-state index in [1.54, 1.807) is 0 Å². The van der Waals surface area contributed by atoms with E-state index in [4.69, 9.17) is 10.4 Å². The Hall–Kier alpha value is -2.43. The van der Waals surface area contributed by atoms with Crippen LogP contribution in [0.4, 0.5) is 13.2 Å². The van der Waals surface area contributed by atoms with Gasteiger partial charge in [-0.15, -0.1) is 13.2 Å². The van der Waals surface area contributed by atoms with Crippen LogP contribution in [0.1, 0.15) is 15.9 Å². The molecule has 0 fully saturated rings. The van der Waals surface area contributed by atoms with Crippen molar-refractivity contribution in [3.05, 3.63) is 23.3 Å². The molecule has 0 saturated carbocycles. The van der Waals surface area contributed by atoms with Crippen LogP contribution >= 0.6 is 0 Å². The first-order chi connectivity index (χ1) is 8.28. The number of carboxylic acid groups (broad SMARTS) is 1. The molecule has 0 atom stereocenters. The second-order valence-corrected chi connectivity index (χ2v) is 3.02. The summed E-state index contributed by atoms with van der Waals surface area (Å²) < 4.78 is 44.6. The second-order valence-electron chi connectivity index (χ2n) is 3.02. The quantitative estimate of drug-likeness (QED) is 0.901. The number of hydrogen-bond donors (Lipinski definition) is 1. The molecule has 0 unspecified atom stereocenters. The van der Waals surface area contributed by atoms with Gasteiger partial charge in [0, 0.05) is 0 Å². The largest absolute Gasteiger partial charge is 0.573 e. The topological polar surface area (TPSA) is 79.5 Å². The number of aromatic carboxylic acids is 1. The van der Waals surface area contributed by atoms with Gasteiger partial charge in [0.2, 0.25) is 0 Å². The Labute approximate surface area is 99.0 Å². The molecule has 0 aliphatic heterocycles.